The minimum Gasteiger partial charge on any atom is -0.496 e. The molecule has 1 aliphatic heterocycles. The van der Waals surface area contributed by atoms with Crippen LogP contribution in [0.4, 0.5) is 0 Å². The zero-order chi connectivity index (χ0) is 13.7. The predicted molar refractivity (Wildman–Crippen MR) is 76.7 cm³/mol. The van der Waals surface area contributed by atoms with E-state index >= 15 is 0 Å². The van der Waals surface area contributed by atoms with Crippen LogP contribution in [0, 0.1) is 5.92 Å². The first kappa shape index (κ1) is 14.1. The highest BCUT2D eigenvalue weighted by atomic mass is 16.5. The number of ether oxygens (including phenoxy) is 1. The highest BCUT2D eigenvalue weighted by Gasteiger charge is 2.15. The fourth-order valence-electron chi connectivity index (χ4n) is 2.72. The van der Waals surface area contributed by atoms with Gasteiger partial charge in [0.15, 0.2) is 0 Å². The van der Waals surface area contributed by atoms with E-state index in [1.54, 1.807) is 13.2 Å². The van der Waals surface area contributed by atoms with Gasteiger partial charge >= 0.3 is 0 Å². The first-order chi connectivity index (χ1) is 9.22. The Morgan fingerprint density at radius 3 is 2.95 bits per heavy atom. The summed E-state index contributed by atoms with van der Waals surface area (Å²) in [5, 5.41) is 0. The Morgan fingerprint density at radius 1 is 1.37 bits per heavy atom. The van der Waals surface area contributed by atoms with Crippen LogP contribution in [0.1, 0.15) is 42.1 Å². The van der Waals surface area contributed by atoms with Gasteiger partial charge in [0.2, 0.25) is 0 Å². The van der Waals surface area contributed by atoms with Crippen LogP contribution < -0.4 is 4.74 Å². The monoisotopic (exact) mass is 261 g/mol. The molecular formula is C16H23NO2. The molecule has 2 rings (SSSR count). The summed E-state index contributed by atoms with van der Waals surface area (Å²) in [6, 6.07) is 5.64. The molecule has 1 aliphatic rings. The Labute approximate surface area is 115 Å². The molecule has 0 amide bonds. The second-order valence-corrected chi connectivity index (χ2v) is 5.50. The molecule has 1 aromatic rings. The largest absolute Gasteiger partial charge is 0.496 e. The quantitative estimate of drug-likeness (QED) is 0.780. The number of carbonyl (C=O) groups excluding carboxylic acids is 1. The van der Waals surface area contributed by atoms with Crippen molar-refractivity contribution in [2.75, 3.05) is 20.2 Å². The number of hydrogen-bond donors (Lipinski definition) is 0. The molecule has 1 unspecified atom stereocenters. The van der Waals surface area contributed by atoms with Crippen LogP contribution >= 0.6 is 0 Å². The SMILES string of the molecule is COc1ccc(C=O)cc1CN1CCCC(C)CC1. The summed E-state index contributed by atoms with van der Waals surface area (Å²) < 4.78 is 5.40. The van der Waals surface area contributed by atoms with Crippen LogP contribution in [0.3, 0.4) is 0 Å². The van der Waals surface area contributed by atoms with E-state index in [4.69, 9.17) is 4.74 Å². The predicted octanol–water partition coefficient (Wildman–Crippen LogP) is 3.13. The van der Waals surface area contributed by atoms with Crippen molar-refractivity contribution in [2.24, 2.45) is 5.92 Å². The Kier molecular flexibility index (Phi) is 4.97. The van der Waals surface area contributed by atoms with E-state index in [0.29, 0.717) is 0 Å². The number of methoxy groups -OCH3 is 1. The van der Waals surface area contributed by atoms with E-state index in [1.807, 2.05) is 12.1 Å². The molecule has 0 saturated carbocycles. The molecule has 0 spiro atoms. The molecule has 1 atom stereocenters. The number of carbonyl (C=O) groups is 1. The summed E-state index contributed by atoms with van der Waals surface area (Å²) in [6.45, 7) is 5.48. The fourth-order valence-corrected chi connectivity index (χ4v) is 2.72. The third-order valence-electron chi connectivity index (χ3n) is 3.94. The van der Waals surface area contributed by atoms with Crippen molar-refractivity contribution >= 4 is 6.29 Å². The molecule has 1 heterocycles. The normalized spacial score (nSPS) is 20.8. The summed E-state index contributed by atoms with van der Waals surface area (Å²) in [7, 11) is 1.68. The maximum Gasteiger partial charge on any atom is 0.150 e. The number of benzene rings is 1. The van der Waals surface area contributed by atoms with Gasteiger partial charge in [0, 0.05) is 17.7 Å². The van der Waals surface area contributed by atoms with Crippen molar-refractivity contribution in [3.8, 4) is 5.75 Å². The van der Waals surface area contributed by atoms with Crippen molar-refractivity contribution in [1.29, 1.82) is 0 Å². The van der Waals surface area contributed by atoms with E-state index in [9.17, 15) is 4.79 Å². The zero-order valence-corrected chi connectivity index (χ0v) is 11.9. The molecule has 1 aromatic carbocycles. The average Bonchev–Trinajstić information content (AvgIpc) is 2.63. The molecule has 1 saturated heterocycles. The van der Waals surface area contributed by atoms with Gasteiger partial charge in [0.1, 0.15) is 12.0 Å². The molecule has 3 nitrogen and oxygen atoms in total. The molecule has 0 radical (unpaired) electrons. The maximum atomic E-state index is 10.9. The lowest BCUT2D eigenvalue weighted by Gasteiger charge is -2.21. The fraction of sp³-hybridized carbons (Fsp3) is 0.562. The van der Waals surface area contributed by atoms with Gasteiger partial charge in [0.05, 0.1) is 7.11 Å². The van der Waals surface area contributed by atoms with Gasteiger partial charge in [-0.3, -0.25) is 9.69 Å². The van der Waals surface area contributed by atoms with Gasteiger partial charge in [-0.25, -0.2) is 0 Å². The molecule has 1 fully saturated rings. The van der Waals surface area contributed by atoms with E-state index in [0.717, 1.165) is 48.7 Å². The average molecular weight is 261 g/mol. The molecule has 0 aliphatic carbocycles. The van der Waals surface area contributed by atoms with Crippen LogP contribution in [0.25, 0.3) is 0 Å². The second kappa shape index (κ2) is 6.71. The summed E-state index contributed by atoms with van der Waals surface area (Å²) in [4.78, 5) is 13.4. The molecule has 0 bridgehead atoms. The van der Waals surface area contributed by atoms with Crippen LogP contribution in [0.15, 0.2) is 18.2 Å². The topological polar surface area (TPSA) is 29.5 Å². The van der Waals surface area contributed by atoms with E-state index in [-0.39, 0.29) is 0 Å². The standard InChI is InChI=1S/C16H23NO2/c1-13-4-3-8-17(9-7-13)11-15-10-14(12-18)5-6-16(15)19-2/h5-6,10,12-13H,3-4,7-9,11H2,1-2H3. The summed E-state index contributed by atoms with van der Waals surface area (Å²) in [5.41, 5.74) is 1.83. The van der Waals surface area contributed by atoms with E-state index in [2.05, 4.69) is 11.8 Å². The van der Waals surface area contributed by atoms with Crippen LogP contribution in [-0.4, -0.2) is 31.4 Å². The van der Waals surface area contributed by atoms with Crippen molar-refractivity contribution in [3.05, 3.63) is 29.3 Å². The highest BCUT2D eigenvalue weighted by molar-refractivity contribution is 5.75. The molecule has 19 heavy (non-hydrogen) atoms. The van der Waals surface area contributed by atoms with E-state index in [1.165, 1.54) is 19.3 Å². The molecule has 0 N–H and O–H groups in total. The van der Waals surface area contributed by atoms with Crippen LogP contribution in [0.2, 0.25) is 0 Å². The maximum absolute atomic E-state index is 10.9. The van der Waals surface area contributed by atoms with E-state index < -0.39 is 0 Å². The highest BCUT2D eigenvalue weighted by Crippen LogP contribution is 2.23. The number of rotatable bonds is 4. The van der Waals surface area contributed by atoms with Gasteiger partial charge in [-0.2, -0.15) is 0 Å². The molecule has 104 valence electrons. The minimum absolute atomic E-state index is 0.721. The summed E-state index contributed by atoms with van der Waals surface area (Å²) in [6.07, 6.45) is 4.74. The lowest BCUT2D eigenvalue weighted by atomic mass is 10.0. The zero-order valence-electron chi connectivity index (χ0n) is 11.9. The van der Waals surface area contributed by atoms with Crippen LogP contribution in [-0.2, 0) is 6.54 Å². The Hall–Kier alpha value is -1.35. The lowest BCUT2D eigenvalue weighted by Crippen LogP contribution is -2.24. The van der Waals surface area contributed by atoms with Gasteiger partial charge in [-0.15, -0.1) is 0 Å². The van der Waals surface area contributed by atoms with Crippen molar-refractivity contribution in [3.63, 3.8) is 0 Å². The van der Waals surface area contributed by atoms with Crippen molar-refractivity contribution in [1.82, 2.24) is 4.90 Å². The summed E-state index contributed by atoms with van der Waals surface area (Å²) >= 11 is 0. The number of hydrogen-bond acceptors (Lipinski definition) is 3. The van der Waals surface area contributed by atoms with Crippen LogP contribution in [0.5, 0.6) is 5.75 Å². The van der Waals surface area contributed by atoms with Gasteiger partial charge in [-0.1, -0.05) is 6.92 Å². The van der Waals surface area contributed by atoms with Crippen molar-refractivity contribution < 1.29 is 9.53 Å². The van der Waals surface area contributed by atoms with Gasteiger partial charge < -0.3 is 4.74 Å². The third-order valence-corrected chi connectivity index (χ3v) is 3.94. The number of aldehydes is 1. The second-order valence-electron chi connectivity index (χ2n) is 5.50. The lowest BCUT2D eigenvalue weighted by molar-refractivity contribution is 0.112. The molecular weight excluding hydrogens is 238 g/mol. The Bertz CT molecular complexity index is 431. The van der Waals surface area contributed by atoms with Gasteiger partial charge in [-0.05, 0) is 56.5 Å². The van der Waals surface area contributed by atoms with Gasteiger partial charge in [0.25, 0.3) is 0 Å². The smallest absolute Gasteiger partial charge is 0.150 e. The summed E-state index contributed by atoms with van der Waals surface area (Å²) in [5.74, 6) is 1.70. The number of likely N-dealkylation sites (tertiary alicyclic amines) is 1. The Morgan fingerprint density at radius 2 is 2.21 bits per heavy atom. The number of nitrogens with zero attached hydrogens (tertiary/aromatic N) is 1. The first-order valence-electron chi connectivity index (χ1n) is 7.07. The van der Waals surface area contributed by atoms with Crippen molar-refractivity contribution in [2.45, 2.75) is 32.7 Å². The minimum atomic E-state index is 0.721. The molecule has 0 aromatic heterocycles. The third kappa shape index (κ3) is 3.80. The molecule has 3 heteroatoms. The first-order valence-corrected chi connectivity index (χ1v) is 7.07. The Balaban J connectivity index is 2.10.